The molecule has 3 atom stereocenters. The molecule has 0 saturated heterocycles. The van der Waals surface area contributed by atoms with Gasteiger partial charge in [-0.3, -0.25) is 4.79 Å². The van der Waals surface area contributed by atoms with E-state index in [-0.39, 0.29) is 24.6 Å². The van der Waals surface area contributed by atoms with E-state index in [2.05, 4.69) is 6.92 Å². The third-order valence-corrected chi connectivity index (χ3v) is 5.75. The first-order valence-electron chi connectivity index (χ1n) is 11.9. The first kappa shape index (κ1) is 25.4. The number of aliphatic hydroxyl groups is 1. The minimum absolute atomic E-state index is 0.00474. The van der Waals surface area contributed by atoms with Gasteiger partial charge in [-0.1, -0.05) is 69.7 Å². The number of carbonyl (C=O) groups excluding carboxylic acids is 1. The van der Waals surface area contributed by atoms with Crippen LogP contribution in [0.4, 0.5) is 0 Å². The van der Waals surface area contributed by atoms with Crippen LogP contribution in [-0.2, 0) is 20.9 Å². The van der Waals surface area contributed by atoms with Crippen LogP contribution in [0.3, 0.4) is 0 Å². The second-order valence-corrected chi connectivity index (χ2v) is 8.45. The smallest absolute Gasteiger partial charge is 0.309 e. The molecule has 2 rings (SSSR count). The number of ether oxygens (including phenoxy) is 3. The number of methoxy groups -OCH3 is 1. The van der Waals surface area contributed by atoms with E-state index in [1.165, 1.54) is 38.5 Å². The van der Waals surface area contributed by atoms with Crippen molar-refractivity contribution in [1.29, 1.82) is 0 Å². The standard InChI is InChI=1S/C26H40O5/c1-3-4-5-6-7-8-9-10-25-18-17-24(16-13-22(27)19-26(28)31-25)30-20-21-11-14-23(29-2)15-12-21/h11-16,22,24-25,27H,3-10,17-20H2,1-2H3/b16-13+/t22-,24+,25-/m1/s1. The second kappa shape index (κ2) is 15.0. The zero-order valence-electron chi connectivity index (χ0n) is 19.3. The minimum Gasteiger partial charge on any atom is -0.497 e. The molecular formula is C26H40O5. The highest BCUT2D eigenvalue weighted by molar-refractivity contribution is 5.70. The molecule has 1 N–H and O–H groups in total. The number of cyclic esters (lactones) is 1. The Balaban J connectivity index is 1.83. The Bertz CT molecular complexity index is 640. The molecule has 31 heavy (non-hydrogen) atoms. The van der Waals surface area contributed by atoms with E-state index in [1.807, 2.05) is 30.3 Å². The fourth-order valence-electron chi connectivity index (χ4n) is 3.83. The zero-order chi connectivity index (χ0) is 22.3. The van der Waals surface area contributed by atoms with Gasteiger partial charge in [0.2, 0.25) is 0 Å². The van der Waals surface area contributed by atoms with Gasteiger partial charge >= 0.3 is 5.97 Å². The van der Waals surface area contributed by atoms with Crippen molar-refractivity contribution >= 4 is 5.97 Å². The molecule has 0 bridgehead atoms. The zero-order valence-corrected chi connectivity index (χ0v) is 19.3. The molecule has 0 fully saturated rings. The van der Waals surface area contributed by atoms with Crippen LogP contribution >= 0.6 is 0 Å². The molecule has 174 valence electrons. The normalized spacial score (nSPS) is 23.2. The first-order chi connectivity index (χ1) is 15.1. The van der Waals surface area contributed by atoms with Crippen molar-refractivity contribution in [2.45, 2.75) is 102 Å². The second-order valence-electron chi connectivity index (χ2n) is 8.45. The van der Waals surface area contributed by atoms with Crippen LogP contribution in [0.1, 0.15) is 83.1 Å². The molecule has 0 amide bonds. The van der Waals surface area contributed by atoms with Crippen LogP contribution in [0.2, 0.25) is 0 Å². The van der Waals surface area contributed by atoms with Crippen LogP contribution in [-0.4, -0.2) is 36.5 Å². The topological polar surface area (TPSA) is 65.0 Å². The highest BCUT2D eigenvalue weighted by Crippen LogP contribution is 2.20. The van der Waals surface area contributed by atoms with E-state index in [4.69, 9.17) is 14.2 Å². The van der Waals surface area contributed by atoms with Gasteiger partial charge in [0, 0.05) is 0 Å². The summed E-state index contributed by atoms with van der Waals surface area (Å²) in [6, 6.07) is 7.82. The van der Waals surface area contributed by atoms with Crippen LogP contribution < -0.4 is 4.74 Å². The van der Waals surface area contributed by atoms with Gasteiger partial charge in [0.25, 0.3) is 0 Å². The molecular weight excluding hydrogens is 392 g/mol. The molecule has 0 aromatic heterocycles. The van der Waals surface area contributed by atoms with E-state index in [0.717, 1.165) is 37.0 Å². The van der Waals surface area contributed by atoms with Gasteiger partial charge in [0.15, 0.2) is 0 Å². The molecule has 0 radical (unpaired) electrons. The summed E-state index contributed by atoms with van der Waals surface area (Å²) in [6.07, 6.45) is 13.6. The third-order valence-electron chi connectivity index (χ3n) is 5.75. The van der Waals surface area contributed by atoms with E-state index in [1.54, 1.807) is 13.2 Å². The molecule has 0 spiro atoms. The maximum Gasteiger partial charge on any atom is 0.309 e. The Morgan fingerprint density at radius 2 is 1.71 bits per heavy atom. The third kappa shape index (κ3) is 10.8. The summed E-state index contributed by atoms with van der Waals surface area (Å²) in [6.45, 7) is 2.71. The average Bonchev–Trinajstić information content (AvgIpc) is 2.77. The van der Waals surface area contributed by atoms with Crippen molar-refractivity contribution in [2.75, 3.05) is 7.11 Å². The number of carbonyl (C=O) groups is 1. The van der Waals surface area contributed by atoms with Crippen molar-refractivity contribution in [3.63, 3.8) is 0 Å². The van der Waals surface area contributed by atoms with Gasteiger partial charge in [0.1, 0.15) is 11.9 Å². The Morgan fingerprint density at radius 1 is 1.00 bits per heavy atom. The Kier molecular flexibility index (Phi) is 12.3. The lowest BCUT2D eigenvalue weighted by Crippen LogP contribution is -2.25. The summed E-state index contributed by atoms with van der Waals surface area (Å²) in [4.78, 5) is 12.1. The van der Waals surface area contributed by atoms with Crippen LogP contribution in [0.25, 0.3) is 0 Å². The summed E-state index contributed by atoms with van der Waals surface area (Å²) >= 11 is 0. The molecule has 1 aliphatic heterocycles. The Labute approximate surface area is 187 Å². The molecule has 0 unspecified atom stereocenters. The number of aliphatic hydroxyl groups excluding tert-OH is 1. The van der Waals surface area contributed by atoms with E-state index in [9.17, 15) is 9.90 Å². The largest absolute Gasteiger partial charge is 0.497 e. The van der Waals surface area contributed by atoms with Gasteiger partial charge in [-0.25, -0.2) is 0 Å². The van der Waals surface area contributed by atoms with Crippen LogP contribution in [0, 0.1) is 0 Å². The first-order valence-corrected chi connectivity index (χ1v) is 11.9. The van der Waals surface area contributed by atoms with Gasteiger partial charge in [-0.05, 0) is 43.4 Å². The maximum absolute atomic E-state index is 12.1. The Hall–Kier alpha value is -1.85. The lowest BCUT2D eigenvalue weighted by atomic mass is 10.0. The molecule has 1 heterocycles. The lowest BCUT2D eigenvalue weighted by Gasteiger charge is -2.23. The predicted octanol–water partition coefficient (Wildman–Crippen LogP) is 5.73. The average molecular weight is 433 g/mol. The highest BCUT2D eigenvalue weighted by atomic mass is 16.5. The van der Waals surface area contributed by atoms with Gasteiger partial charge < -0.3 is 19.3 Å². The summed E-state index contributed by atoms with van der Waals surface area (Å²) in [7, 11) is 1.65. The van der Waals surface area contributed by atoms with Crippen LogP contribution in [0.15, 0.2) is 36.4 Å². The number of unbranched alkanes of at least 4 members (excludes halogenated alkanes) is 6. The minimum atomic E-state index is -0.836. The molecule has 1 aliphatic rings. The quantitative estimate of drug-likeness (QED) is 0.259. The summed E-state index contributed by atoms with van der Waals surface area (Å²) in [5.41, 5.74) is 1.07. The van der Waals surface area contributed by atoms with E-state index >= 15 is 0 Å². The van der Waals surface area contributed by atoms with Crippen LogP contribution in [0.5, 0.6) is 5.75 Å². The fourth-order valence-corrected chi connectivity index (χ4v) is 3.83. The fraction of sp³-hybridized carbons (Fsp3) is 0.654. The summed E-state index contributed by atoms with van der Waals surface area (Å²) in [5.74, 6) is 0.503. The Morgan fingerprint density at radius 3 is 2.42 bits per heavy atom. The number of benzene rings is 1. The maximum atomic E-state index is 12.1. The number of esters is 1. The molecule has 5 nitrogen and oxygen atoms in total. The summed E-state index contributed by atoms with van der Waals surface area (Å²) < 4.78 is 17.0. The number of rotatable bonds is 12. The lowest BCUT2D eigenvalue weighted by molar-refractivity contribution is -0.152. The monoisotopic (exact) mass is 432 g/mol. The SMILES string of the molecule is CCCCCCCCC[C@@H]1CC[C@@H](OCc2ccc(OC)cc2)/C=C/[C@@H](O)CC(=O)O1. The van der Waals surface area contributed by atoms with Gasteiger partial charge in [-0.15, -0.1) is 0 Å². The molecule has 1 aromatic rings. The summed E-state index contributed by atoms with van der Waals surface area (Å²) in [5, 5.41) is 10.1. The van der Waals surface area contributed by atoms with Crippen molar-refractivity contribution in [3.8, 4) is 5.75 Å². The van der Waals surface area contributed by atoms with Crippen molar-refractivity contribution in [2.24, 2.45) is 0 Å². The molecule has 5 heteroatoms. The number of hydrogen-bond donors (Lipinski definition) is 1. The van der Waals surface area contributed by atoms with Gasteiger partial charge in [-0.2, -0.15) is 0 Å². The van der Waals surface area contributed by atoms with Crippen molar-refractivity contribution in [1.82, 2.24) is 0 Å². The van der Waals surface area contributed by atoms with Crippen molar-refractivity contribution < 1.29 is 24.1 Å². The molecule has 0 aliphatic carbocycles. The van der Waals surface area contributed by atoms with Gasteiger partial charge in [0.05, 0.1) is 32.3 Å². The highest BCUT2D eigenvalue weighted by Gasteiger charge is 2.20. The van der Waals surface area contributed by atoms with Crippen molar-refractivity contribution in [3.05, 3.63) is 42.0 Å². The predicted molar refractivity (Wildman–Crippen MR) is 123 cm³/mol. The molecule has 1 aromatic carbocycles. The van der Waals surface area contributed by atoms with E-state index in [0.29, 0.717) is 6.61 Å². The molecule has 0 saturated carbocycles. The van der Waals surface area contributed by atoms with E-state index < -0.39 is 6.10 Å². The number of hydrogen-bond acceptors (Lipinski definition) is 5.